The Morgan fingerprint density at radius 1 is 0.649 bits per heavy atom. The van der Waals surface area contributed by atoms with Gasteiger partial charge in [-0.15, -0.1) is 0 Å². The highest BCUT2D eigenvalue weighted by Gasteiger charge is 2.32. The van der Waals surface area contributed by atoms with Gasteiger partial charge in [0.15, 0.2) is 0 Å². The van der Waals surface area contributed by atoms with Crippen LogP contribution in [0, 0.1) is 11.3 Å². The molecule has 12 heteroatoms. The van der Waals surface area contributed by atoms with E-state index >= 15 is 0 Å². The van der Waals surface area contributed by atoms with Crippen LogP contribution >= 0.6 is 39.1 Å². The van der Waals surface area contributed by atoms with Crippen molar-refractivity contribution in [3.8, 4) is 28.6 Å². The number of rotatable bonds is 2. The molecule has 37 heavy (non-hydrogen) atoms. The number of pyridine rings is 2. The lowest BCUT2D eigenvalue weighted by atomic mass is 10.1. The van der Waals surface area contributed by atoms with Crippen LogP contribution in [0.15, 0.2) is 77.4 Å². The minimum absolute atomic E-state index is 0.0861. The van der Waals surface area contributed by atoms with Gasteiger partial charge < -0.3 is 0 Å². The summed E-state index contributed by atoms with van der Waals surface area (Å²) in [7, 11) is 0. The van der Waals surface area contributed by atoms with Gasteiger partial charge in [-0.3, -0.25) is 0 Å². The van der Waals surface area contributed by atoms with E-state index in [9.17, 15) is 26.3 Å². The Morgan fingerprint density at radius 2 is 1.05 bits per heavy atom. The van der Waals surface area contributed by atoms with Crippen LogP contribution in [0.25, 0.3) is 22.5 Å². The molecule has 4 rings (SSSR count). The third kappa shape index (κ3) is 7.92. The number of nitriles is 1. The van der Waals surface area contributed by atoms with Gasteiger partial charge in [-0.25, -0.2) is 9.97 Å². The normalized spacial score (nSPS) is 11.4. The highest BCUT2D eigenvalue weighted by atomic mass is 79.9. The molecule has 3 nitrogen and oxygen atoms in total. The zero-order valence-electron chi connectivity index (χ0n) is 18.2. The zero-order valence-corrected chi connectivity index (χ0v) is 21.3. The fourth-order valence-corrected chi connectivity index (χ4v) is 3.64. The smallest absolute Gasteiger partial charge is 0.241 e. The fourth-order valence-electron chi connectivity index (χ4n) is 2.95. The van der Waals surface area contributed by atoms with Gasteiger partial charge in [0.2, 0.25) is 0 Å². The average molecular weight is 619 g/mol. The topological polar surface area (TPSA) is 49.6 Å². The Hall–Kier alpha value is -3.13. The first-order chi connectivity index (χ1) is 17.3. The molecule has 190 valence electrons. The summed E-state index contributed by atoms with van der Waals surface area (Å²) in [5.41, 5.74) is -0.548. The SMILES string of the molecule is FC(F)(F)c1cc(Br)nc(-c2ccc(Cl)cc2)c1.N#Cc1cc(C(F)(F)F)cc(-c2ccc(Cl)cc2)n1. The van der Waals surface area contributed by atoms with Crippen LogP contribution in [0.2, 0.25) is 10.0 Å². The third-order valence-corrected chi connectivity index (χ3v) is 5.58. The maximum atomic E-state index is 12.7. The number of aromatic nitrogens is 2. The molecule has 0 spiro atoms. The largest absolute Gasteiger partial charge is 0.416 e. The van der Waals surface area contributed by atoms with E-state index in [1.807, 2.05) is 0 Å². The van der Waals surface area contributed by atoms with Crippen molar-refractivity contribution < 1.29 is 26.3 Å². The van der Waals surface area contributed by atoms with E-state index in [1.54, 1.807) is 54.6 Å². The Morgan fingerprint density at radius 3 is 1.46 bits per heavy atom. The van der Waals surface area contributed by atoms with Crippen LogP contribution in [0.3, 0.4) is 0 Å². The van der Waals surface area contributed by atoms with Gasteiger partial charge in [0.1, 0.15) is 16.4 Å². The maximum Gasteiger partial charge on any atom is 0.416 e. The number of nitrogens with zero attached hydrogens (tertiary/aromatic N) is 3. The number of hydrogen-bond acceptors (Lipinski definition) is 3. The number of benzene rings is 2. The van der Waals surface area contributed by atoms with E-state index in [2.05, 4.69) is 25.9 Å². The van der Waals surface area contributed by atoms with Crippen molar-refractivity contribution in [1.29, 1.82) is 5.26 Å². The first kappa shape index (κ1) is 28.4. The van der Waals surface area contributed by atoms with Crippen molar-refractivity contribution in [2.75, 3.05) is 0 Å². The second-order valence-electron chi connectivity index (χ2n) is 7.31. The van der Waals surface area contributed by atoms with Crippen LogP contribution in [-0.2, 0) is 12.4 Å². The van der Waals surface area contributed by atoms with Gasteiger partial charge in [0.25, 0.3) is 0 Å². The molecule has 0 bridgehead atoms. The van der Waals surface area contributed by atoms with Crippen LogP contribution in [0.4, 0.5) is 26.3 Å². The number of hydrogen-bond donors (Lipinski definition) is 0. The Bertz CT molecular complexity index is 1430. The molecule has 0 radical (unpaired) electrons. The summed E-state index contributed by atoms with van der Waals surface area (Å²) < 4.78 is 76.2. The molecule has 0 N–H and O–H groups in total. The van der Waals surface area contributed by atoms with Gasteiger partial charge in [0, 0.05) is 21.2 Å². The third-order valence-electron chi connectivity index (χ3n) is 4.67. The quantitative estimate of drug-likeness (QED) is 0.166. The Balaban J connectivity index is 0.000000206. The lowest BCUT2D eigenvalue weighted by molar-refractivity contribution is -0.138. The van der Waals surface area contributed by atoms with Gasteiger partial charge >= 0.3 is 12.4 Å². The summed E-state index contributed by atoms with van der Waals surface area (Å²) in [4.78, 5) is 7.88. The minimum Gasteiger partial charge on any atom is -0.241 e. The molecule has 2 aromatic carbocycles. The predicted molar refractivity (Wildman–Crippen MR) is 132 cm³/mol. The highest BCUT2D eigenvalue weighted by Crippen LogP contribution is 2.34. The van der Waals surface area contributed by atoms with Crippen LogP contribution < -0.4 is 0 Å². The van der Waals surface area contributed by atoms with Crippen LogP contribution in [-0.4, -0.2) is 9.97 Å². The van der Waals surface area contributed by atoms with E-state index in [0.717, 1.165) is 24.3 Å². The Kier molecular flexibility index (Phi) is 8.84. The molecule has 0 saturated heterocycles. The molecule has 4 aromatic rings. The van der Waals surface area contributed by atoms with E-state index < -0.39 is 23.5 Å². The maximum absolute atomic E-state index is 12.7. The fraction of sp³-hybridized carbons (Fsp3) is 0.0800. The van der Waals surface area contributed by atoms with Gasteiger partial charge in [0.05, 0.1) is 22.5 Å². The van der Waals surface area contributed by atoms with Gasteiger partial charge in [-0.05, 0) is 64.5 Å². The lowest BCUT2D eigenvalue weighted by Gasteiger charge is -2.09. The summed E-state index contributed by atoms with van der Waals surface area (Å²) in [6, 6.07) is 17.8. The van der Waals surface area contributed by atoms with E-state index in [4.69, 9.17) is 28.5 Å². The van der Waals surface area contributed by atoms with E-state index in [-0.39, 0.29) is 21.7 Å². The number of alkyl halides is 6. The molecule has 0 aliphatic heterocycles. The highest BCUT2D eigenvalue weighted by molar-refractivity contribution is 9.10. The molecule has 0 aliphatic rings. The average Bonchev–Trinajstić information content (AvgIpc) is 2.83. The standard InChI is InChI=1S/C13H6ClF3N2.C12H6BrClF3N/c14-10-3-1-8(2-4-10)12-6-9(13(15,16)17)5-11(7-18)19-12;13-11-6-8(12(15,16)17)5-10(18-11)7-1-3-9(14)4-2-7/h1-6H;1-6H. The molecule has 0 aliphatic carbocycles. The monoisotopic (exact) mass is 617 g/mol. The first-order valence-electron chi connectivity index (χ1n) is 10.0. The molecule has 0 fully saturated rings. The van der Waals surface area contributed by atoms with Crippen LogP contribution in [0.1, 0.15) is 16.8 Å². The molecular formula is C25H12BrCl2F6N3. The predicted octanol–water partition coefficient (Wildman–Crippen LogP) is 9.48. The summed E-state index contributed by atoms with van der Waals surface area (Å²) in [6.07, 6.45) is -8.91. The van der Waals surface area contributed by atoms with E-state index in [1.165, 1.54) is 0 Å². The van der Waals surface area contributed by atoms with Gasteiger partial charge in [-0.2, -0.15) is 31.6 Å². The zero-order chi connectivity index (χ0) is 27.4. The second kappa shape index (κ2) is 11.5. The summed E-state index contributed by atoms with van der Waals surface area (Å²) in [6.45, 7) is 0. The van der Waals surface area contributed by atoms with Crippen molar-refractivity contribution in [3.05, 3.63) is 104 Å². The van der Waals surface area contributed by atoms with Crippen molar-refractivity contribution >= 4 is 39.1 Å². The van der Waals surface area contributed by atoms with Crippen molar-refractivity contribution in [1.82, 2.24) is 9.97 Å². The Labute approximate surface area is 225 Å². The molecule has 0 atom stereocenters. The minimum atomic E-state index is -4.52. The van der Waals surface area contributed by atoms with Crippen molar-refractivity contribution in [3.63, 3.8) is 0 Å². The molecule has 0 unspecified atom stereocenters. The lowest BCUT2D eigenvalue weighted by Crippen LogP contribution is -2.06. The molecule has 2 aromatic heterocycles. The summed E-state index contributed by atoms with van der Waals surface area (Å²) in [5.74, 6) is 0. The van der Waals surface area contributed by atoms with Crippen molar-refractivity contribution in [2.45, 2.75) is 12.4 Å². The van der Waals surface area contributed by atoms with Crippen LogP contribution in [0.5, 0.6) is 0 Å². The molecular weight excluding hydrogens is 607 g/mol. The molecule has 2 heterocycles. The molecule has 0 saturated carbocycles. The van der Waals surface area contributed by atoms with Gasteiger partial charge in [-0.1, -0.05) is 47.5 Å². The van der Waals surface area contributed by atoms with E-state index in [0.29, 0.717) is 21.2 Å². The second-order valence-corrected chi connectivity index (χ2v) is 9.00. The summed E-state index contributed by atoms with van der Waals surface area (Å²) in [5, 5.41) is 9.73. The van der Waals surface area contributed by atoms with Crippen molar-refractivity contribution in [2.24, 2.45) is 0 Å². The first-order valence-corrected chi connectivity index (χ1v) is 11.6. The molecule has 0 amide bonds. The number of halogens is 9. The summed E-state index contributed by atoms with van der Waals surface area (Å²) >= 11 is 14.4.